The van der Waals surface area contributed by atoms with Crippen molar-refractivity contribution in [1.29, 1.82) is 0 Å². The first-order valence-corrected chi connectivity index (χ1v) is 10.7. The first-order chi connectivity index (χ1) is 13.7. The van der Waals surface area contributed by atoms with Crippen molar-refractivity contribution in [2.75, 3.05) is 33.3 Å². The van der Waals surface area contributed by atoms with Crippen molar-refractivity contribution < 1.29 is 27.6 Å². The number of amides is 1. The molecule has 1 heterocycles. The minimum Gasteiger partial charge on any atom is -0.454 e. The van der Waals surface area contributed by atoms with Gasteiger partial charge in [0.25, 0.3) is 5.91 Å². The fourth-order valence-corrected chi connectivity index (χ4v) is 3.89. The highest BCUT2D eigenvalue weighted by Crippen LogP contribution is 2.32. The molecule has 156 valence electrons. The Bertz CT molecular complexity index is 1010. The second-order valence-corrected chi connectivity index (χ2v) is 9.39. The molecule has 8 nitrogen and oxygen atoms in total. The van der Waals surface area contributed by atoms with Gasteiger partial charge in [-0.3, -0.25) is 4.79 Å². The molecule has 0 saturated carbocycles. The largest absolute Gasteiger partial charge is 0.454 e. The van der Waals surface area contributed by atoms with Gasteiger partial charge in [-0.25, -0.2) is 12.7 Å². The van der Waals surface area contributed by atoms with Gasteiger partial charge >= 0.3 is 0 Å². The lowest BCUT2D eigenvalue weighted by Gasteiger charge is -2.21. The maximum absolute atomic E-state index is 12.7. The van der Waals surface area contributed by atoms with E-state index < -0.39 is 10.0 Å². The number of carbonyl (C=O) groups excluding carboxylic acids is 1. The van der Waals surface area contributed by atoms with Gasteiger partial charge < -0.3 is 19.7 Å². The molecule has 0 radical (unpaired) electrons. The Balaban J connectivity index is 1.66. The SMILES string of the molecule is C[C@H](C(=O)Nc1cccc(S(=O)(=O)N(C)C)c1)[NH+](C)Cc1ccc2c(c1)OCO2. The summed E-state index contributed by atoms with van der Waals surface area (Å²) in [4.78, 5) is 13.8. The molecule has 0 saturated heterocycles. The van der Waals surface area contributed by atoms with Gasteiger partial charge in [-0.15, -0.1) is 0 Å². The summed E-state index contributed by atoms with van der Waals surface area (Å²) in [5, 5.41) is 2.81. The highest BCUT2D eigenvalue weighted by molar-refractivity contribution is 7.89. The van der Waals surface area contributed by atoms with Crippen LogP contribution in [0, 0.1) is 0 Å². The van der Waals surface area contributed by atoms with Gasteiger partial charge in [0.05, 0.1) is 11.9 Å². The predicted octanol–water partition coefficient (Wildman–Crippen LogP) is 0.708. The zero-order chi connectivity index (χ0) is 21.2. The Kier molecular flexibility index (Phi) is 6.11. The smallest absolute Gasteiger partial charge is 0.282 e. The number of ether oxygens (including phenoxy) is 2. The van der Waals surface area contributed by atoms with Gasteiger partial charge in [-0.2, -0.15) is 0 Å². The van der Waals surface area contributed by atoms with Crippen molar-refractivity contribution in [3.63, 3.8) is 0 Å². The normalized spacial score (nSPS) is 15.2. The number of likely N-dealkylation sites (N-methyl/N-ethyl adjacent to an activating group) is 1. The van der Waals surface area contributed by atoms with Gasteiger partial charge in [0.2, 0.25) is 16.8 Å². The Morgan fingerprint density at radius 3 is 2.62 bits per heavy atom. The summed E-state index contributed by atoms with van der Waals surface area (Å²) in [6, 6.07) is 11.6. The van der Waals surface area contributed by atoms with Crippen LogP contribution in [0.15, 0.2) is 47.4 Å². The molecule has 0 fully saturated rings. The van der Waals surface area contributed by atoms with E-state index in [4.69, 9.17) is 9.47 Å². The highest BCUT2D eigenvalue weighted by Gasteiger charge is 2.24. The van der Waals surface area contributed by atoms with Gasteiger partial charge in [-0.1, -0.05) is 6.07 Å². The number of hydrogen-bond acceptors (Lipinski definition) is 5. The van der Waals surface area contributed by atoms with Crippen LogP contribution in [0.4, 0.5) is 5.69 Å². The van der Waals surface area contributed by atoms with Crippen LogP contribution < -0.4 is 19.7 Å². The number of carbonyl (C=O) groups is 1. The fraction of sp³-hybridized carbons (Fsp3) is 0.350. The number of nitrogens with zero attached hydrogens (tertiary/aromatic N) is 1. The summed E-state index contributed by atoms with van der Waals surface area (Å²) in [5.41, 5.74) is 1.48. The van der Waals surface area contributed by atoms with Gasteiger partial charge in [0, 0.05) is 25.3 Å². The fourth-order valence-electron chi connectivity index (χ4n) is 2.95. The van der Waals surface area contributed by atoms with E-state index >= 15 is 0 Å². The molecule has 0 bridgehead atoms. The van der Waals surface area contributed by atoms with E-state index in [2.05, 4.69) is 5.32 Å². The van der Waals surface area contributed by atoms with Crippen LogP contribution >= 0.6 is 0 Å². The average Bonchev–Trinajstić information content (AvgIpc) is 3.15. The standard InChI is InChI=1S/C20H25N3O5S/c1-14(23(4)12-15-8-9-18-19(10-15)28-13-27-18)20(24)21-16-6-5-7-17(11-16)29(25,26)22(2)3/h5-11,14H,12-13H2,1-4H3,(H,21,24)/p+1/t14-/m1/s1. The maximum Gasteiger partial charge on any atom is 0.282 e. The van der Waals surface area contributed by atoms with Crippen molar-refractivity contribution in [3.05, 3.63) is 48.0 Å². The number of quaternary nitrogens is 1. The average molecular weight is 421 g/mol. The van der Waals surface area contributed by atoms with Crippen molar-refractivity contribution in [3.8, 4) is 11.5 Å². The molecule has 1 aliphatic heterocycles. The molecule has 0 aromatic heterocycles. The van der Waals surface area contributed by atoms with Crippen molar-refractivity contribution in [1.82, 2.24) is 4.31 Å². The topological polar surface area (TPSA) is 89.4 Å². The molecule has 0 aliphatic carbocycles. The predicted molar refractivity (Wildman–Crippen MR) is 109 cm³/mol. The van der Waals surface area contributed by atoms with E-state index in [9.17, 15) is 13.2 Å². The molecule has 1 unspecified atom stereocenters. The third kappa shape index (κ3) is 4.69. The maximum atomic E-state index is 12.7. The first-order valence-electron chi connectivity index (χ1n) is 9.23. The molecule has 1 amide bonds. The quantitative estimate of drug-likeness (QED) is 0.689. The lowest BCUT2D eigenvalue weighted by Crippen LogP contribution is -3.12. The third-order valence-corrected chi connectivity index (χ3v) is 6.74. The first kappa shape index (κ1) is 21.1. The van der Waals surface area contributed by atoms with Gasteiger partial charge in [0.15, 0.2) is 17.5 Å². The summed E-state index contributed by atoms with van der Waals surface area (Å²) in [7, 11) is 1.31. The highest BCUT2D eigenvalue weighted by atomic mass is 32.2. The van der Waals surface area contributed by atoms with E-state index in [0.29, 0.717) is 18.0 Å². The second kappa shape index (κ2) is 8.40. The van der Waals surface area contributed by atoms with Crippen LogP contribution in [0.5, 0.6) is 11.5 Å². The zero-order valence-corrected chi connectivity index (χ0v) is 17.7. The van der Waals surface area contributed by atoms with E-state index in [0.717, 1.165) is 20.5 Å². The van der Waals surface area contributed by atoms with Crippen LogP contribution in [0.2, 0.25) is 0 Å². The summed E-state index contributed by atoms with van der Waals surface area (Å²) < 4.78 is 36.4. The summed E-state index contributed by atoms with van der Waals surface area (Å²) in [5.74, 6) is 1.25. The molecule has 2 aromatic rings. The molecule has 2 N–H and O–H groups in total. The van der Waals surface area contributed by atoms with Crippen molar-refractivity contribution in [2.45, 2.75) is 24.4 Å². The number of sulfonamides is 1. The lowest BCUT2D eigenvalue weighted by atomic mass is 10.1. The van der Waals surface area contributed by atoms with Gasteiger partial charge in [-0.05, 0) is 43.3 Å². The summed E-state index contributed by atoms with van der Waals surface area (Å²) >= 11 is 0. The molecular weight excluding hydrogens is 394 g/mol. The van der Waals surface area contributed by atoms with E-state index in [1.54, 1.807) is 12.1 Å². The van der Waals surface area contributed by atoms with Gasteiger partial charge in [0.1, 0.15) is 6.54 Å². The van der Waals surface area contributed by atoms with Crippen LogP contribution in [-0.4, -0.2) is 52.6 Å². The zero-order valence-electron chi connectivity index (χ0n) is 16.9. The number of anilines is 1. The van der Waals surface area contributed by atoms with Crippen LogP contribution in [0.3, 0.4) is 0 Å². The Hall–Kier alpha value is -2.62. The van der Waals surface area contributed by atoms with E-state index in [1.165, 1.54) is 26.2 Å². The van der Waals surface area contributed by atoms with E-state index in [-0.39, 0.29) is 23.6 Å². The lowest BCUT2D eigenvalue weighted by molar-refractivity contribution is -0.907. The molecule has 1 aliphatic rings. The van der Waals surface area contributed by atoms with Crippen molar-refractivity contribution in [2.24, 2.45) is 0 Å². The molecule has 9 heteroatoms. The molecule has 3 rings (SSSR count). The number of nitrogens with one attached hydrogen (secondary N) is 2. The molecule has 2 atom stereocenters. The number of fused-ring (bicyclic) bond motifs is 1. The second-order valence-electron chi connectivity index (χ2n) is 7.24. The number of hydrogen-bond donors (Lipinski definition) is 2. The van der Waals surface area contributed by atoms with Crippen LogP contribution in [-0.2, 0) is 21.4 Å². The number of benzene rings is 2. The monoisotopic (exact) mass is 420 g/mol. The van der Waals surface area contributed by atoms with E-state index in [1.807, 2.05) is 32.2 Å². The van der Waals surface area contributed by atoms with Crippen LogP contribution in [0.25, 0.3) is 0 Å². The van der Waals surface area contributed by atoms with Crippen LogP contribution in [0.1, 0.15) is 12.5 Å². The summed E-state index contributed by atoms with van der Waals surface area (Å²) in [6.45, 7) is 2.68. The Labute approximate surface area is 171 Å². The third-order valence-electron chi connectivity index (χ3n) is 4.93. The van der Waals surface area contributed by atoms with Crippen molar-refractivity contribution >= 4 is 21.6 Å². The molecular formula is C20H26N3O5S+. The minimum atomic E-state index is -3.56. The molecule has 2 aromatic carbocycles. The summed E-state index contributed by atoms with van der Waals surface area (Å²) in [6.07, 6.45) is 0. The molecule has 0 spiro atoms. The Morgan fingerprint density at radius 1 is 1.17 bits per heavy atom. The Morgan fingerprint density at radius 2 is 1.90 bits per heavy atom. The minimum absolute atomic E-state index is 0.133. The molecule has 29 heavy (non-hydrogen) atoms. The number of rotatable bonds is 7.